The molecule has 3 aliphatic rings. The van der Waals surface area contributed by atoms with Gasteiger partial charge in [-0.25, -0.2) is 12.8 Å². The monoisotopic (exact) mass is 553 g/mol. The molecule has 1 aromatic heterocycles. The molecule has 2 aliphatic heterocycles. The van der Waals surface area contributed by atoms with Crippen LogP contribution in [-0.4, -0.2) is 56.6 Å². The Labute approximate surface area is 212 Å². The van der Waals surface area contributed by atoms with Gasteiger partial charge in [-0.05, 0) is 47.9 Å². The van der Waals surface area contributed by atoms with Crippen LogP contribution in [0.2, 0.25) is 0 Å². The van der Waals surface area contributed by atoms with Gasteiger partial charge in [-0.3, -0.25) is 4.79 Å². The molecule has 13 heteroatoms. The molecule has 1 fully saturated rings. The fraction of sp³-hybridized carbons (Fsp3) is 0.391. The second-order valence-corrected chi connectivity index (χ2v) is 13.9. The number of rotatable bonds is 6. The first kappa shape index (κ1) is 24.9. The number of hydrogen-bond acceptors (Lipinski definition) is 8. The summed E-state index contributed by atoms with van der Waals surface area (Å²) in [6.07, 6.45) is 3.20. The molecule has 9 nitrogen and oxygen atoms in total. The standard InChI is InChI=1S/C23H24FN3O6S3/c1-35(30,31)10-9-14-12-34-22-20(14)36(32,33)26-21(25-22)18-19(28)16-3-2-4-17(16)27(23(18)29)11-13-5-7-15(24)8-6-13/h5-8,12,16-17,28H,2-4,9-11H2,1H3,(H,25,26). The molecule has 1 aromatic carbocycles. The van der Waals surface area contributed by atoms with E-state index in [0.29, 0.717) is 24.0 Å². The van der Waals surface area contributed by atoms with Gasteiger partial charge < -0.3 is 15.3 Å². The van der Waals surface area contributed by atoms with Crippen molar-refractivity contribution in [1.29, 1.82) is 0 Å². The van der Waals surface area contributed by atoms with Crippen LogP contribution in [0.1, 0.15) is 30.4 Å². The number of amidine groups is 1. The van der Waals surface area contributed by atoms with E-state index in [9.17, 15) is 31.1 Å². The minimum atomic E-state index is -4.26. The maximum Gasteiger partial charge on any atom is 0.287 e. The SMILES string of the molecule is CS(=O)(=O)CCc1csc2c1S(=O)(=O)N=C(C1=C(O)C3CCCC3N(Cc3ccc(F)cc3)C1=O)N2. The molecule has 1 amide bonds. The zero-order chi connectivity index (χ0) is 25.8. The van der Waals surface area contributed by atoms with Crippen molar-refractivity contribution in [2.45, 2.75) is 43.2 Å². The Balaban J connectivity index is 1.51. The number of fused-ring (bicyclic) bond motifs is 2. The molecule has 2 unspecified atom stereocenters. The lowest BCUT2D eigenvalue weighted by Crippen LogP contribution is -2.49. The summed E-state index contributed by atoms with van der Waals surface area (Å²) in [4.78, 5) is 15.1. The molecular weight excluding hydrogens is 529 g/mol. The Kier molecular flexibility index (Phi) is 6.20. The van der Waals surface area contributed by atoms with Crippen molar-refractivity contribution in [2.75, 3.05) is 17.3 Å². The predicted octanol–water partition coefficient (Wildman–Crippen LogP) is 3.01. The van der Waals surface area contributed by atoms with Gasteiger partial charge in [0.1, 0.15) is 36.9 Å². The van der Waals surface area contributed by atoms with E-state index in [1.165, 1.54) is 12.1 Å². The number of halogens is 1. The van der Waals surface area contributed by atoms with Crippen molar-refractivity contribution in [3.8, 4) is 0 Å². The van der Waals surface area contributed by atoms with Crippen molar-refractivity contribution in [2.24, 2.45) is 10.3 Å². The van der Waals surface area contributed by atoms with Crippen molar-refractivity contribution in [3.05, 3.63) is 57.9 Å². The van der Waals surface area contributed by atoms with Gasteiger partial charge in [0.15, 0.2) is 5.84 Å². The van der Waals surface area contributed by atoms with E-state index in [0.717, 1.165) is 24.0 Å². The van der Waals surface area contributed by atoms with E-state index in [-0.39, 0.29) is 57.7 Å². The highest BCUT2D eigenvalue weighted by Gasteiger charge is 2.47. The van der Waals surface area contributed by atoms with E-state index in [1.54, 1.807) is 22.4 Å². The van der Waals surface area contributed by atoms with Crippen LogP contribution in [0.25, 0.3) is 0 Å². The number of aliphatic hydroxyl groups excluding tert-OH is 1. The molecular formula is C23H24FN3O6S3. The van der Waals surface area contributed by atoms with Crippen molar-refractivity contribution in [3.63, 3.8) is 0 Å². The summed E-state index contributed by atoms with van der Waals surface area (Å²) in [7, 11) is -7.57. The van der Waals surface area contributed by atoms with Crippen LogP contribution < -0.4 is 5.32 Å². The lowest BCUT2D eigenvalue weighted by atomic mass is 9.90. The molecule has 2 atom stereocenters. The molecule has 3 heterocycles. The van der Waals surface area contributed by atoms with Crippen LogP contribution in [-0.2, 0) is 37.6 Å². The lowest BCUT2D eigenvalue weighted by Gasteiger charge is -2.38. The summed E-state index contributed by atoms with van der Waals surface area (Å²) in [5, 5.41) is 15.8. The summed E-state index contributed by atoms with van der Waals surface area (Å²) in [6, 6.07) is 5.53. The number of aryl methyl sites for hydroxylation is 1. The highest BCUT2D eigenvalue weighted by Crippen LogP contribution is 2.43. The van der Waals surface area contributed by atoms with Gasteiger partial charge in [0.2, 0.25) is 0 Å². The lowest BCUT2D eigenvalue weighted by molar-refractivity contribution is -0.132. The second kappa shape index (κ2) is 8.96. The molecule has 0 saturated heterocycles. The van der Waals surface area contributed by atoms with Crippen LogP contribution >= 0.6 is 11.3 Å². The van der Waals surface area contributed by atoms with Crippen molar-refractivity contribution < 1.29 is 31.1 Å². The number of nitrogens with zero attached hydrogens (tertiary/aromatic N) is 2. The number of carbonyl (C=O) groups is 1. The van der Waals surface area contributed by atoms with Gasteiger partial charge in [0.05, 0.1) is 5.75 Å². The third-order valence-corrected chi connectivity index (χ3v) is 10.1. The van der Waals surface area contributed by atoms with E-state index < -0.39 is 31.6 Å². The Bertz CT molecular complexity index is 1510. The molecule has 2 aromatic rings. The third kappa shape index (κ3) is 4.55. The number of sulfonamides is 1. The average Bonchev–Trinajstić information content (AvgIpc) is 3.44. The minimum Gasteiger partial charge on any atom is -0.511 e. The van der Waals surface area contributed by atoms with E-state index >= 15 is 0 Å². The number of nitrogens with one attached hydrogen (secondary N) is 1. The number of benzene rings is 1. The number of carbonyl (C=O) groups excluding carboxylic acids is 1. The van der Waals surface area contributed by atoms with Gasteiger partial charge in [-0.1, -0.05) is 18.6 Å². The molecule has 1 saturated carbocycles. The smallest absolute Gasteiger partial charge is 0.287 e. The van der Waals surface area contributed by atoms with E-state index in [2.05, 4.69) is 9.71 Å². The number of aliphatic hydroxyl groups is 1. The van der Waals surface area contributed by atoms with Gasteiger partial charge in [0.25, 0.3) is 15.9 Å². The average molecular weight is 554 g/mol. The van der Waals surface area contributed by atoms with Crippen molar-refractivity contribution >= 4 is 47.9 Å². The highest BCUT2D eigenvalue weighted by molar-refractivity contribution is 7.91. The zero-order valence-corrected chi connectivity index (χ0v) is 21.7. The first-order valence-corrected chi connectivity index (χ1v) is 15.7. The Morgan fingerprint density at radius 2 is 1.97 bits per heavy atom. The van der Waals surface area contributed by atoms with Crippen LogP contribution in [0.5, 0.6) is 0 Å². The number of hydrogen-bond donors (Lipinski definition) is 2. The second-order valence-electron chi connectivity index (χ2n) is 9.26. The summed E-state index contributed by atoms with van der Waals surface area (Å²) in [5.74, 6) is -1.96. The molecule has 36 heavy (non-hydrogen) atoms. The van der Waals surface area contributed by atoms with Gasteiger partial charge >= 0.3 is 0 Å². The zero-order valence-electron chi connectivity index (χ0n) is 19.3. The van der Waals surface area contributed by atoms with Crippen LogP contribution in [0.3, 0.4) is 0 Å². The van der Waals surface area contributed by atoms with Crippen LogP contribution in [0, 0.1) is 11.7 Å². The predicted molar refractivity (Wildman–Crippen MR) is 134 cm³/mol. The Morgan fingerprint density at radius 3 is 2.67 bits per heavy atom. The fourth-order valence-electron chi connectivity index (χ4n) is 5.04. The van der Waals surface area contributed by atoms with Crippen LogP contribution in [0.4, 0.5) is 9.39 Å². The minimum absolute atomic E-state index is 0.0124. The number of anilines is 1. The number of sulfone groups is 1. The summed E-state index contributed by atoms with van der Waals surface area (Å²) < 4.78 is 66.7. The molecule has 5 rings (SSSR count). The van der Waals surface area contributed by atoms with Crippen molar-refractivity contribution in [1.82, 2.24) is 4.90 Å². The van der Waals surface area contributed by atoms with Gasteiger partial charge in [0, 0.05) is 24.8 Å². The molecule has 0 radical (unpaired) electrons. The van der Waals surface area contributed by atoms with Crippen LogP contribution in [0.15, 0.2) is 50.3 Å². The molecule has 1 aliphatic carbocycles. The quantitative estimate of drug-likeness (QED) is 0.562. The largest absolute Gasteiger partial charge is 0.511 e. The van der Waals surface area contributed by atoms with E-state index in [1.807, 2.05) is 0 Å². The summed E-state index contributed by atoms with van der Waals surface area (Å²) in [5.41, 5.74) is 0.844. The summed E-state index contributed by atoms with van der Waals surface area (Å²) >= 11 is 1.07. The third-order valence-electron chi connectivity index (χ3n) is 6.73. The fourth-order valence-corrected chi connectivity index (χ4v) is 8.31. The topological polar surface area (TPSA) is 133 Å². The summed E-state index contributed by atoms with van der Waals surface area (Å²) in [6.45, 7) is 0.178. The number of amides is 1. The molecule has 2 N–H and O–H groups in total. The maximum atomic E-state index is 13.6. The Morgan fingerprint density at radius 1 is 1.25 bits per heavy atom. The first-order chi connectivity index (χ1) is 16.9. The highest BCUT2D eigenvalue weighted by atomic mass is 32.2. The molecule has 192 valence electrons. The molecule has 0 spiro atoms. The normalized spacial score (nSPS) is 23.2. The molecule has 0 bridgehead atoms. The first-order valence-electron chi connectivity index (χ1n) is 11.3. The number of thiophene rings is 1. The van der Waals surface area contributed by atoms with E-state index in [4.69, 9.17) is 0 Å². The van der Waals surface area contributed by atoms with Gasteiger partial charge in [-0.15, -0.1) is 15.7 Å². The van der Waals surface area contributed by atoms with Gasteiger partial charge in [-0.2, -0.15) is 8.42 Å². The maximum absolute atomic E-state index is 13.6. The Hall–Kier alpha value is -2.77.